The lowest BCUT2D eigenvalue weighted by Crippen LogP contribution is -2.33. The van der Waals surface area contributed by atoms with E-state index in [9.17, 15) is 20.0 Å². The number of aliphatic hydroxyl groups is 1. The van der Waals surface area contributed by atoms with E-state index in [0.29, 0.717) is 13.0 Å². The van der Waals surface area contributed by atoms with Crippen molar-refractivity contribution in [3.63, 3.8) is 0 Å². The van der Waals surface area contributed by atoms with Crippen LogP contribution in [0, 0.1) is 10.1 Å². The van der Waals surface area contributed by atoms with Gasteiger partial charge in [-0.25, -0.2) is 0 Å². The minimum Gasteiger partial charge on any atom is -0.390 e. The largest absolute Gasteiger partial charge is 0.390 e. The van der Waals surface area contributed by atoms with Crippen LogP contribution in [-0.4, -0.2) is 63.9 Å². The number of aliphatic hydroxyl groups excluding tert-OH is 1. The first-order valence-corrected chi connectivity index (χ1v) is 6.16. The molecule has 0 spiro atoms. The van der Waals surface area contributed by atoms with Gasteiger partial charge in [-0.1, -0.05) is 0 Å². The molecule has 1 rings (SSSR count). The lowest BCUT2D eigenvalue weighted by atomic mass is 10.3. The lowest BCUT2D eigenvalue weighted by Gasteiger charge is -2.13. The van der Waals surface area contributed by atoms with E-state index in [1.54, 1.807) is 14.1 Å². The highest BCUT2D eigenvalue weighted by Crippen LogP contribution is 2.07. The summed E-state index contributed by atoms with van der Waals surface area (Å²) in [6.07, 6.45) is 2.02. The van der Waals surface area contributed by atoms with Gasteiger partial charge < -0.3 is 15.3 Å². The third-order valence-electron chi connectivity index (χ3n) is 2.62. The zero-order valence-corrected chi connectivity index (χ0v) is 11.5. The summed E-state index contributed by atoms with van der Waals surface area (Å²) in [4.78, 5) is 22.7. The van der Waals surface area contributed by atoms with Crippen LogP contribution >= 0.6 is 0 Å². The van der Waals surface area contributed by atoms with Crippen LogP contribution in [0.4, 0.5) is 5.69 Å². The quantitative estimate of drug-likeness (QED) is 0.368. The summed E-state index contributed by atoms with van der Waals surface area (Å²) < 4.78 is 1.31. The maximum absolute atomic E-state index is 11.3. The van der Waals surface area contributed by atoms with E-state index < -0.39 is 11.0 Å². The summed E-state index contributed by atoms with van der Waals surface area (Å²) in [5.74, 6) is 0.00897. The van der Waals surface area contributed by atoms with Crippen molar-refractivity contribution in [2.24, 2.45) is 0 Å². The van der Waals surface area contributed by atoms with E-state index in [1.807, 2.05) is 0 Å². The van der Waals surface area contributed by atoms with Gasteiger partial charge >= 0.3 is 5.69 Å². The monoisotopic (exact) mass is 285 g/mol. The van der Waals surface area contributed by atoms with Crippen molar-refractivity contribution in [3.05, 3.63) is 22.5 Å². The van der Waals surface area contributed by atoms with E-state index in [4.69, 9.17) is 0 Å². The lowest BCUT2D eigenvalue weighted by molar-refractivity contribution is -0.385. The van der Waals surface area contributed by atoms with Gasteiger partial charge in [-0.15, -0.1) is 0 Å². The van der Waals surface area contributed by atoms with Crippen LogP contribution in [0.1, 0.15) is 6.42 Å². The molecule has 20 heavy (non-hydrogen) atoms. The molecule has 1 aromatic rings. The number of nitrogens with one attached hydrogen (secondary N) is 1. The van der Waals surface area contributed by atoms with Crippen LogP contribution in [0.2, 0.25) is 0 Å². The number of nitro groups is 1. The van der Waals surface area contributed by atoms with Crippen molar-refractivity contribution in [1.82, 2.24) is 20.0 Å². The van der Waals surface area contributed by atoms with Gasteiger partial charge in [0.15, 0.2) is 0 Å². The van der Waals surface area contributed by atoms with Gasteiger partial charge in [-0.2, -0.15) is 5.10 Å². The maximum atomic E-state index is 11.3. The van der Waals surface area contributed by atoms with E-state index in [-0.39, 0.29) is 24.7 Å². The molecule has 1 atom stereocenters. The third-order valence-corrected chi connectivity index (χ3v) is 2.62. The Kier molecular flexibility index (Phi) is 6.07. The fourth-order valence-electron chi connectivity index (χ4n) is 1.51. The molecule has 9 heteroatoms. The van der Waals surface area contributed by atoms with Gasteiger partial charge in [-0.05, 0) is 0 Å². The van der Waals surface area contributed by atoms with E-state index >= 15 is 0 Å². The summed E-state index contributed by atoms with van der Waals surface area (Å²) in [5.41, 5.74) is -0.110. The summed E-state index contributed by atoms with van der Waals surface area (Å²) in [5, 5.41) is 26.9. The number of aromatic nitrogens is 2. The van der Waals surface area contributed by atoms with Crippen LogP contribution in [0.3, 0.4) is 0 Å². The molecule has 9 nitrogen and oxygen atoms in total. The summed E-state index contributed by atoms with van der Waals surface area (Å²) >= 11 is 0. The molecule has 112 valence electrons. The fraction of sp³-hybridized carbons (Fsp3) is 0.636. The van der Waals surface area contributed by atoms with Gasteiger partial charge in [0.25, 0.3) is 0 Å². The van der Waals surface area contributed by atoms with E-state index in [1.165, 1.54) is 15.8 Å². The predicted octanol–water partition coefficient (Wildman–Crippen LogP) is -0.780. The van der Waals surface area contributed by atoms with Crippen molar-refractivity contribution in [3.8, 4) is 0 Å². The highest BCUT2D eigenvalue weighted by Gasteiger charge is 2.12. The Morgan fingerprint density at radius 2 is 2.35 bits per heavy atom. The summed E-state index contributed by atoms with van der Waals surface area (Å²) in [7, 11) is 3.36. The molecule has 1 unspecified atom stereocenters. The second kappa shape index (κ2) is 7.56. The van der Waals surface area contributed by atoms with E-state index in [0.717, 1.165) is 6.20 Å². The molecule has 0 aliphatic rings. The van der Waals surface area contributed by atoms with Gasteiger partial charge in [0.1, 0.15) is 12.4 Å². The Morgan fingerprint density at radius 3 is 2.90 bits per heavy atom. The van der Waals surface area contributed by atoms with Crippen molar-refractivity contribution in [1.29, 1.82) is 0 Å². The summed E-state index contributed by atoms with van der Waals surface area (Å²) in [6.45, 7) is 0.907. The first-order chi connectivity index (χ1) is 9.40. The molecular weight excluding hydrogens is 266 g/mol. The van der Waals surface area contributed by atoms with Crippen LogP contribution in [0.15, 0.2) is 12.4 Å². The molecule has 0 aliphatic carbocycles. The molecular formula is C11H19N5O4. The molecule has 1 heterocycles. The number of rotatable bonds is 8. The average molecular weight is 285 g/mol. The molecule has 0 saturated carbocycles. The molecule has 1 aromatic heterocycles. The Morgan fingerprint density at radius 1 is 1.65 bits per heavy atom. The van der Waals surface area contributed by atoms with Crippen molar-refractivity contribution in [2.45, 2.75) is 19.1 Å². The van der Waals surface area contributed by atoms with Gasteiger partial charge in [0, 0.05) is 33.6 Å². The van der Waals surface area contributed by atoms with Crippen LogP contribution in [0.25, 0.3) is 0 Å². The minimum atomic E-state index is -0.732. The molecule has 0 fully saturated rings. The average Bonchev–Trinajstić information content (AvgIpc) is 2.82. The molecule has 0 bridgehead atoms. The third kappa shape index (κ3) is 5.33. The number of amides is 1. The molecule has 1 amide bonds. The second-order valence-electron chi connectivity index (χ2n) is 4.57. The Hall–Kier alpha value is -2.00. The van der Waals surface area contributed by atoms with Gasteiger partial charge in [-0.3, -0.25) is 19.6 Å². The van der Waals surface area contributed by atoms with Crippen molar-refractivity contribution in [2.75, 3.05) is 27.2 Å². The normalized spacial score (nSPS) is 12.2. The molecule has 0 saturated heterocycles. The standard InChI is InChI=1S/C11H19N5O4/c1-14(2)11(18)3-4-12-6-10(17)8-15-7-9(5-13-15)16(19)20/h5,7,10,12,17H,3-4,6,8H2,1-2H3. The number of carbonyl (C=O) groups excluding carboxylic acids is 1. The topological polar surface area (TPSA) is 114 Å². The zero-order chi connectivity index (χ0) is 15.1. The highest BCUT2D eigenvalue weighted by atomic mass is 16.6. The highest BCUT2D eigenvalue weighted by molar-refractivity contribution is 5.75. The molecule has 0 radical (unpaired) electrons. The molecule has 0 aliphatic heterocycles. The van der Waals surface area contributed by atoms with Crippen LogP contribution < -0.4 is 5.32 Å². The van der Waals surface area contributed by atoms with Crippen LogP contribution in [0.5, 0.6) is 0 Å². The van der Waals surface area contributed by atoms with Crippen LogP contribution in [-0.2, 0) is 11.3 Å². The maximum Gasteiger partial charge on any atom is 0.306 e. The van der Waals surface area contributed by atoms with E-state index in [2.05, 4.69) is 10.4 Å². The van der Waals surface area contributed by atoms with Crippen molar-refractivity contribution >= 4 is 11.6 Å². The van der Waals surface area contributed by atoms with Gasteiger partial charge in [0.2, 0.25) is 5.91 Å². The second-order valence-corrected chi connectivity index (χ2v) is 4.57. The zero-order valence-electron chi connectivity index (χ0n) is 11.5. The summed E-state index contributed by atoms with van der Waals surface area (Å²) in [6, 6.07) is 0. The first-order valence-electron chi connectivity index (χ1n) is 6.16. The number of carbonyl (C=O) groups is 1. The minimum absolute atomic E-state index is 0.00897. The number of nitrogens with zero attached hydrogens (tertiary/aromatic N) is 4. The smallest absolute Gasteiger partial charge is 0.306 e. The number of hydrogen-bond acceptors (Lipinski definition) is 6. The Bertz CT molecular complexity index is 459. The first kappa shape index (κ1) is 16.1. The predicted molar refractivity (Wildman–Crippen MR) is 71.1 cm³/mol. The Balaban J connectivity index is 2.24. The molecule has 0 aromatic carbocycles. The SMILES string of the molecule is CN(C)C(=O)CCNCC(O)Cn1cc([N+](=O)[O-])cn1. The fourth-order valence-corrected chi connectivity index (χ4v) is 1.51. The van der Waals surface area contributed by atoms with Crippen molar-refractivity contribution < 1.29 is 14.8 Å². The number of hydrogen-bond donors (Lipinski definition) is 2. The molecule has 2 N–H and O–H groups in total. The Labute approximate surface area is 116 Å². The van der Waals surface area contributed by atoms with Gasteiger partial charge in [0.05, 0.1) is 17.6 Å².